The van der Waals surface area contributed by atoms with Crippen molar-refractivity contribution in [1.82, 2.24) is 4.68 Å². The molecular formula is C14H22N2. The van der Waals surface area contributed by atoms with E-state index in [2.05, 4.69) is 34.2 Å². The molecule has 2 saturated carbocycles. The smallest absolute Gasteiger partial charge is 0.0458 e. The van der Waals surface area contributed by atoms with Crippen LogP contribution in [0.3, 0.4) is 0 Å². The Hall–Kier alpha value is -0.920. The minimum absolute atomic E-state index is 0.801. The van der Waals surface area contributed by atoms with Crippen LogP contribution in [0.5, 0.6) is 0 Å². The van der Waals surface area contributed by atoms with E-state index in [1.54, 1.807) is 0 Å². The highest BCUT2D eigenvalue weighted by atomic mass is 15.6. The molecule has 0 bridgehead atoms. The maximum absolute atomic E-state index is 2.68. The van der Waals surface area contributed by atoms with Crippen LogP contribution in [0.2, 0.25) is 0 Å². The molecule has 0 unspecified atom stereocenters. The van der Waals surface area contributed by atoms with Gasteiger partial charge in [0.1, 0.15) is 0 Å². The largest absolute Gasteiger partial charge is 0.307 e. The average molecular weight is 218 g/mol. The number of rotatable bonds is 3. The lowest BCUT2D eigenvalue weighted by molar-refractivity contribution is 0.403. The molecule has 1 aromatic heterocycles. The van der Waals surface area contributed by atoms with Crippen molar-refractivity contribution in [3.05, 3.63) is 24.5 Å². The van der Waals surface area contributed by atoms with Crippen LogP contribution >= 0.6 is 0 Å². The van der Waals surface area contributed by atoms with Crippen LogP contribution in [-0.4, -0.2) is 16.8 Å². The summed E-state index contributed by atoms with van der Waals surface area (Å²) in [5.41, 5.74) is 0. The van der Waals surface area contributed by atoms with Gasteiger partial charge in [-0.3, -0.25) is 4.68 Å². The molecule has 0 aliphatic heterocycles. The Morgan fingerprint density at radius 3 is 1.62 bits per heavy atom. The second-order valence-corrected chi connectivity index (χ2v) is 5.32. The Labute approximate surface area is 98.2 Å². The standard InChI is InChI=1S/C14H22N2/c1-2-8-13(7-1)16(14-9-3-4-10-14)15-11-5-6-12-15/h5-6,11-14H,1-4,7-10H2. The van der Waals surface area contributed by atoms with Crippen molar-refractivity contribution < 1.29 is 0 Å². The predicted molar refractivity (Wildman–Crippen MR) is 67.2 cm³/mol. The highest BCUT2D eigenvalue weighted by Crippen LogP contribution is 2.30. The molecule has 88 valence electrons. The fourth-order valence-corrected chi connectivity index (χ4v) is 3.49. The van der Waals surface area contributed by atoms with Crippen molar-refractivity contribution in [3.63, 3.8) is 0 Å². The average Bonchev–Trinajstić information content (AvgIpc) is 3.02. The molecule has 1 aromatic rings. The Morgan fingerprint density at radius 2 is 1.19 bits per heavy atom. The number of nitrogens with zero attached hydrogens (tertiary/aromatic N) is 2. The van der Waals surface area contributed by atoms with Crippen molar-refractivity contribution in [3.8, 4) is 0 Å². The lowest BCUT2D eigenvalue weighted by Gasteiger charge is -2.37. The topological polar surface area (TPSA) is 8.17 Å². The highest BCUT2D eigenvalue weighted by molar-refractivity contribution is 5.07. The summed E-state index contributed by atoms with van der Waals surface area (Å²) in [5, 5.41) is 2.68. The molecule has 0 N–H and O–H groups in total. The van der Waals surface area contributed by atoms with Crippen molar-refractivity contribution >= 4 is 0 Å². The van der Waals surface area contributed by atoms with E-state index in [1.165, 1.54) is 51.4 Å². The molecule has 16 heavy (non-hydrogen) atoms. The van der Waals surface area contributed by atoms with Crippen molar-refractivity contribution in [2.24, 2.45) is 0 Å². The van der Waals surface area contributed by atoms with Gasteiger partial charge in [0.25, 0.3) is 0 Å². The summed E-state index contributed by atoms with van der Waals surface area (Å²) < 4.78 is 2.35. The summed E-state index contributed by atoms with van der Waals surface area (Å²) >= 11 is 0. The maximum Gasteiger partial charge on any atom is 0.0458 e. The molecule has 2 nitrogen and oxygen atoms in total. The van der Waals surface area contributed by atoms with Crippen molar-refractivity contribution in [2.75, 3.05) is 5.01 Å². The first-order valence-corrected chi connectivity index (χ1v) is 6.87. The van der Waals surface area contributed by atoms with Gasteiger partial charge in [0.05, 0.1) is 0 Å². The van der Waals surface area contributed by atoms with Gasteiger partial charge in [0.15, 0.2) is 0 Å². The quantitative estimate of drug-likeness (QED) is 0.755. The van der Waals surface area contributed by atoms with Gasteiger partial charge in [0.2, 0.25) is 0 Å². The molecule has 0 saturated heterocycles. The van der Waals surface area contributed by atoms with E-state index in [4.69, 9.17) is 0 Å². The summed E-state index contributed by atoms with van der Waals surface area (Å²) in [5.74, 6) is 0. The Balaban J connectivity index is 1.81. The van der Waals surface area contributed by atoms with Gasteiger partial charge in [0, 0.05) is 24.5 Å². The van der Waals surface area contributed by atoms with Crippen LogP contribution in [0.25, 0.3) is 0 Å². The van der Waals surface area contributed by atoms with Crippen LogP contribution < -0.4 is 5.01 Å². The molecule has 2 aliphatic carbocycles. The zero-order valence-electron chi connectivity index (χ0n) is 10.0. The second-order valence-electron chi connectivity index (χ2n) is 5.32. The number of hydrogen-bond acceptors (Lipinski definition) is 1. The number of hydrogen-bond donors (Lipinski definition) is 0. The van der Waals surface area contributed by atoms with Gasteiger partial charge in [-0.2, -0.15) is 0 Å². The van der Waals surface area contributed by atoms with Crippen LogP contribution in [0.15, 0.2) is 24.5 Å². The van der Waals surface area contributed by atoms with E-state index in [9.17, 15) is 0 Å². The predicted octanol–water partition coefficient (Wildman–Crippen LogP) is 3.31. The third-order valence-electron chi connectivity index (χ3n) is 4.25. The first kappa shape index (κ1) is 10.2. The molecule has 2 aliphatic rings. The fraction of sp³-hybridized carbons (Fsp3) is 0.714. The molecule has 0 amide bonds. The summed E-state index contributed by atoms with van der Waals surface area (Å²) in [7, 11) is 0. The van der Waals surface area contributed by atoms with Crippen LogP contribution in [0, 0.1) is 0 Å². The Kier molecular flexibility index (Phi) is 2.90. The first-order valence-electron chi connectivity index (χ1n) is 6.87. The Bertz CT molecular complexity index is 289. The molecule has 0 atom stereocenters. The van der Waals surface area contributed by atoms with Gasteiger partial charge >= 0.3 is 0 Å². The third kappa shape index (κ3) is 1.85. The van der Waals surface area contributed by atoms with Crippen LogP contribution in [0.4, 0.5) is 0 Å². The number of aromatic nitrogens is 1. The summed E-state index contributed by atoms with van der Waals surface area (Å²) in [4.78, 5) is 0. The van der Waals surface area contributed by atoms with Crippen molar-refractivity contribution in [1.29, 1.82) is 0 Å². The maximum atomic E-state index is 2.68. The first-order chi connectivity index (χ1) is 7.95. The normalized spacial score (nSPS) is 23.0. The van der Waals surface area contributed by atoms with E-state index < -0.39 is 0 Å². The van der Waals surface area contributed by atoms with Gasteiger partial charge < -0.3 is 5.01 Å². The zero-order valence-corrected chi connectivity index (χ0v) is 10.0. The highest BCUT2D eigenvalue weighted by Gasteiger charge is 2.30. The zero-order chi connectivity index (χ0) is 10.8. The fourth-order valence-electron chi connectivity index (χ4n) is 3.49. The van der Waals surface area contributed by atoms with E-state index in [0.717, 1.165) is 12.1 Å². The summed E-state index contributed by atoms with van der Waals surface area (Å²) in [6, 6.07) is 5.90. The second kappa shape index (κ2) is 4.52. The van der Waals surface area contributed by atoms with Crippen molar-refractivity contribution in [2.45, 2.75) is 63.5 Å². The molecule has 0 aromatic carbocycles. The lowest BCUT2D eigenvalue weighted by atomic mass is 10.1. The molecule has 0 radical (unpaired) electrons. The lowest BCUT2D eigenvalue weighted by Crippen LogP contribution is -2.48. The Morgan fingerprint density at radius 1 is 0.750 bits per heavy atom. The third-order valence-corrected chi connectivity index (χ3v) is 4.25. The monoisotopic (exact) mass is 218 g/mol. The van der Waals surface area contributed by atoms with E-state index in [-0.39, 0.29) is 0 Å². The van der Waals surface area contributed by atoms with Gasteiger partial charge in [-0.05, 0) is 37.8 Å². The molecule has 1 heterocycles. The molecule has 2 fully saturated rings. The van der Waals surface area contributed by atoms with Crippen LogP contribution in [-0.2, 0) is 0 Å². The van der Waals surface area contributed by atoms with E-state index in [1.807, 2.05) is 0 Å². The van der Waals surface area contributed by atoms with Gasteiger partial charge in [-0.15, -0.1) is 0 Å². The minimum atomic E-state index is 0.801. The van der Waals surface area contributed by atoms with E-state index in [0.29, 0.717) is 0 Å². The van der Waals surface area contributed by atoms with Gasteiger partial charge in [-0.25, -0.2) is 0 Å². The van der Waals surface area contributed by atoms with E-state index >= 15 is 0 Å². The van der Waals surface area contributed by atoms with Gasteiger partial charge in [-0.1, -0.05) is 25.7 Å². The SMILES string of the molecule is c1ccn(N(C2CCCC2)C2CCCC2)c1. The van der Waals surface area contributed by atoms with Crippen LogP contribution in [0.1, 0.15) is 51.4 Å². The molecule has 2 heteroatoms. The minimum Gasteiger partial charge on any atom is -0.307 e. The molecular weight excluding hydrogens is 196 g/mol. The summed E-state index contributed by atoms with van der Waals surface area (Å²) in [6.07, 6.45) is 15.7. The molecule has 0 spiro atoms. The summed E-state index contributed by atoms with van der Waals surface area (Å²) in [6.45, 7) is 0. The molecule has 3 rings (SSSR count).